The predicted molar refractivity (Wildman–Crippen MR) is 57.7 cm³/mol. The lowest BCUT2D eigenvalue weighted by atomic mass is 9.93. The fourth-order valence-corrected chi connectivity index (χ4v) is 2.08. The van der Waals surface area contributed by atoms with E-state index in [9.17, 15) is 0 Å². The molecule has 76 valence electrons. The monoisotopic (exact) mass is 191 g/mol. The van der Waals surface area contributed by atoms with Crippen molar-refractivity contribution in [1.82, 2.24) is 0 Å². The van der Waals surface area contributed by atoms with Gasteiger partial charge in [-0.1, -0.05) is 18.2 Å². The maximum Gasteiger partial charge on any atom is 0.125 e. The van der Waals surface area contributed by atoms with Crippen molar-refractivity contribution in [2.24, 2.45) is 5.73 Å². The van der Waals surface area contributed by atoms with Crippen molar-refractivity contribution in [3.8, 4) is 5.75 Å². The fraction of sp³-hybridized carbons (Fsp3) is 0.500. The maximum absolute atomic E-state index is 5.82. The minimum atomic E-state index is 0.220. The molecule has 2 rings (SSSR count). The number of aryl methyl sites for hydroxylation is 1. The molecular formula is C12H17NO. The van der Waals surface area contributed by atoms with E-state index in [1.165, 1.54) is 24.0 Å². The van der Waals surface area contributed by atoms with Crippen LogP contribution in [0.1, 0.15) is 24.0 Å². The lowest BCUT2D eigenvalue weighted by Gasteiger charge is -2.18. The van der Waals surface area contributed by atoms with Crippen LogP contribution < -0.4 is 10.5 Å². The molecule has 2 heteroatoms. The Hall–Kier alpha value is -1.02. The summed E-state index contributed by atoms with van der Waals surface area (Å²) in [6.07, 6.45) is 2.40. The number of para-hydroxylation sites is 1. The third-order valence-corrected chi connectivity index (χ3v) is 3.23. The standard InChI is InChI=1S/C12H17NO/c1-9-4-3-5-10(11(9)14-2)12(8-13)6-7-12/h3-5H,6-8,13H2,1-2H3. The largest absolute Gasteiger partial charge is 0.496 e. The highest BCUT2D eigenvalue weighted by Gasteiger charge is 2.44. The minimum absolute atomic E-state index is 0.220. The van der Waals surface area contributed by atoms with Crippen molar-refractivity contribution < 1.29 is 4.74 Å². The average Bonchev–Trinajstić information content (AvgIpc) is 2.98. The van der Waals surface area contributed by atoms with Crippen molar-refractivity contribution in [3.63, 3.8) is 0 Å². The Bertz CT molecular complexity index is 342. The molecule has 1 aliphatic carbocycles. The Morgan fingerprint density at radius 2 is 2.14 bits per heavy atom. The lowest BCUT2D eigenvalue weighted by Crippen LogP contribution is -2.20. The Balaban J connectivity index is 2.47. The smallest absolute Gasteiger partial charge is 0.125 e. The molecule has 0 atom stereocenters. The molecule has 2 N–H and O–H groups in total. The van der Waals surface area contributed by atoms with E-state index < -0.39 is 0 Å². The normalized spacial score (nSPS) is 17.9. The number of nitrogens with two attached hydrogens (primary N) is 1. The topological polar surface area (TPSA) is 35.2 Å². The van der Waals surface area contributed by atoms with E-state index in [0.29, 0.717) is 0 Å². The Morgan fingerprint density at radius 1 is 1.43 bits per heavy atom. The number of rotatable bonds is 3. The second kappa shape index (κ2) is 3.28. The highest BCUT2D eigenvalue weighted by atomic mass is 16.5. The summed E-state index contributed by atoms with van der Waals surface area (Å²) in [6, 6.07) is 6.31. The molecule has 0 bridgehead atoms. The molecule has 1 aromatic rings. The molecule has 14 heavy (non-hydrogen) atoms. The SMILES string of the molecule is COc1c(C)cccc1C1(CN)CC1. The molecule has 0 saturated heterocycles. The molecule has 0 spiro atoms. The molecule has 0 amide bonds. The van der Waals surface area contributed by atoms with Gasteiger partial charge in [0.25, 0.3) is 0 Å². The molecule has 1 aliphatic rings. The summed E-state index contributed by atoms with van der Waals surface area (Å²) in [6.45, 7) is 2.81. The van der Waals surface area contributed by atoms with Gasteiger partial charge in [0.05, 0.1) is 7.11 Å². The molecular weight excluding hydrogens is 174 g/mol. The first-order valence-electron chi connectivity index (χ1n) is 5.08. The maximum atomic E-state index is 5.82. The molecule has 0 heterocycles. The van der Waals surface area contributed by atoms with Gasteiger partial charge in [0.2, 0.25) is 0 Å². The van der Waals surface area contributed by atoms with Gasteiger partial charge in [-0.05, 0) is 25.3 Å². The number of ether oxygens (including phenoxy) is 1. The van der Waals surface area contributed by atoms with Crippen LogP contribution in [0.25, 0.3) is 0 Å². The highest BCUT2D eigenvalue weighted by molar-refractivity contribution is 5.48. The summed E-state index contributed by atoms with van der Waals surface area (Å²) in [4.78, 5) is 0. The van der Waals surface area contributed by atoms with Crippen LogP contribution in [0.15, 0.2) is 18.2 Å². The molecule has 0 unspecified atom stereocenters. The number of hydrogen-bond acceptors (Lipinski definition) is 2. The fourth-order valence-electron chi connectivity index (χ4n) is 2.08. The summed E-state index contributed by atoms with van der Waals surface area (Å²) in [5.41, 5.74) is 8.53. The van der Waals surface area contributed by atoms with Gasteiger partial charge >= 0.3 is 0 Å². The average molecular weight is 191 g/mol. The first kappa shape index (κ1) is 9.53. The van der Waals surface area contributed by atoms with Crippen molar-refractivity contribution in [1.29, 1.82) is 0 Å². The van der Waals surface area contributed by atoms with Gasteiger partial charge in [-0.25, -0.2) is 0 Å². The third-order valence-electron chi connectivity index (χ3n) is 3.23. The second-order valence-corrected chi connectivity index (χ2v) is 4.14. The van der Waals surface area contributed by atoms with Gasteiger partial charge in [0.15, 0.2) is 0 Å². The first-order valence-corrected chi connectivity index (χ1v) is 5.08. The van der Waals surface area contributed by atoms with Gasteiger partial charge in [-0.15, -0.1) is 0 Å². The van der Waals surface area contributed by atoms with Crippen LogP contribution in [0.3, 0.4) is 0 Å². The van der Waals surface area contributed by atoms with E-state index in [1.807, 2.05) is 0 Å². The number of hydrogen-bond donors (Lipinski definition) is 1. The Morgan fingerprint density at radius 3 is 2.64 bits per heavy atom. The van der Waals surface area contributed by atoms with Crippen molar-refractivity contribution in [2.75, 3.05) is 13.7 Å². The van der Waals surface area contributed by atoms with Crippen LogP contribution in [-0.2, 0) is 5.41 Å². The van der Waals surface area contributed by atoms with Crippen LogP contribution in [0.4, 0.5) is 0 Å². The molecule has 0 aromatic heterocycles. The highest BCUT2D eigenvalue weighted by Crippen LogP contribution is 2.50. The van der Waals surface area contributed by atoms with E-state index in [0.717, 1.165) is 12.3 Å². The first-order chi connectivity index (χ1) is 6.73. The summed E-state index contributed by atoms with van der Waals surface area (Å²) in [5, 5.41) is 0. The zero-order valence-corrected chi connectivity index (χ0v) is 8.84. The predicted octanol–water partition coefficient (Wildman–Crippen LogP) is 1.99. The summed E-state index contributed by atoms with van der Waals surface area (Å²) in [5.74, 6) is 1.02. The molecule has 1 aromatic carbocycles. The van der Waals surface area contributed by atoms with Gasteiger partial charge < -0.3 is 10.5 Å². The number of methoxy groups -OCH3 is 1. The van der Waals surface area contributed by atoms with Crippen molar-refractivity contribution >= 4 is 0 Å². The quantitative estimate of drug-likeness (QED) is 0.793. The Kier molecular flexibility index (Phi) is 2.23. The van der Waals surface area contributed by atoms with Crippen LogP contribution >= 0.6 is 0 Å². The molecule has 1 saturated carbocycles. The van der Waals surface area contributed by atoms with Crippen LogP contribution in [0, 0.1) is 6.92 Å². The minimum Gasteiger partial charge on any atom is -0.496 e. The number of benzene rings is 1. The third kappa shape index (κ3) is 1.30. The molecule has 0 radical (unpaired) electrons. The van der Waals surface area contributed by atoms with Gasteiger partial charge in [-0.2, -0.15) is 0 Å². The van der Waals surface area contributed by atoms with Gasteiger partial charge in [0, 0.05) is 17.5 Å². The molecule has 0 aliphatic heterocycles. The lowest BCUT2D eigenvalue weighted by molar-refractivity contribution is 0.401. The van der Waals surface area contributed by atoms with Crippen molar-refractivity contribution in [2.45, 2.75) is 25.2 Å². The molecule has 1 fully saturated rings. The van der Waals surface area contributed by atoms with E-state index >= 15 is 0 Å². The van der Waals surface area contributed by atoms with Crippen molar-refractivity contribution in [3.05, 3.63) is 29.3 Å². The van der Waals surface area contributed by atoms with Crippen LogP contribution in [-0.4, -0.2) is 13.7 Å². The van der Waals surface area contributed by atoms with E-state index in [1.54, 1.807) is 7.11 Å². The zero-order valence-electron chi connectivity index (χ0n) is 8.84. The van der Waals surface area contributed by atoms with Crippen LogP contribution in [0.2, 0.25) is 0 Å². The Labute approximate surface area is 85.1 Å². The van der Waals surface area contributed by atoms with Crippen LogP contribution in [0.5, 0.6) is 5.75 Å². The summed E-state index contributed by atoms with van der Waals surface area (Å²) in [7, 11) is 1.73. The molecule has 2 nitrogen and oxygen atoms in total. The van der Waals surface area contributed by atoms with Gasteiger partial charge in [0.1, 0.15) is 5.75 Å². The van der Waals surface area contributed by atoms with E-state index in [-0.39, 0.29) is 5.41 Å². The summed E-state index contributed by atoms with van der Waals surface area (Å²) < 4.78 is 5.45. The van der Waals surface area contributed by atoms with E-state index in [2.05, 4.69) is 25.1 Å². The summed E-state index contributed by atoms with van der Waals surface area (Å²) >= 11 is 0. The van der Waals surface area contributed by atoms with Gasteiger partial charge in [-0.3, -0.25) is 0 Å². The zero-order chi connectivity index (χ0) is 10.2. The second-order valence-electron chi connectivity index (χ2n) is 4.14. The van der Waals surface area contributed by atoms with E-state index in [4.69, 9.17) is 10.5 Å².